The summed E-state index contributed by atoms with van der Waals surface area (Å²) in [6, 6.07) is 25.4. The number of nitrogens with zero attached hydrogens (tertiary/aromatic N) is 2. The van der Waals surface area contributed by atoms with Crippen molar-refractivity contribution in [3.63, 3.8) is 0 Å². The Hall–Kier alpha value is -3.84. The van der Waals surface area contributed by atoms with Crippen LogP contribution in [0, 0.1) is 0 Å². The fraction of sp³-hybridized carbons (Fsp3) is 0.286. The minimum Gasteiger partial charge on any atom is -0.497 e. The lowest BCUT2D eigenvalue weighted by Crippen LogP contribution is -2.42. The molecule has 7 heteroatoms. The van der Waals surface area contributed by atoms with E-state index in [1.165, 1.54) is 0 Å². The van der Waals surface area contributed by atoms with E-state index in [4.69, 9.17) is 19.0 Å². The number of amides is 1. The van der Waals surface area contributed by atoms with E-state index in [0.717, 1.165) is 28.2 Å². The third-order valence-electron chi connectivity index (χ3n) is 5.69. The molecule has 0 N–H and O–H groups in total. The van der Waals surface area contributed by atoms with Gasteiger partial charge in [-0.3, -0.25) is 4.79 Å². The number of morpholine rings is 1. The Bertz CT molecular complexity index is 1090. The van der Waals surface area contributed by atoms with Crippen molar-refractivity contribution in [3.05, 3.63) is 95.6 Å². The molecule has 0 radical (unpaired) electrons. The standard InChI is InChI=1S/C28H30N2O5/c1-32-25-11-7-23(8-12-25)20-35-29-27(19-22-5-3-2-4-6-22)24-9-13-26(14-10-24)34-21-28(31)30-15-17-33-18-16-30/h2-14H,15-21H2,1H3. The molecule has 1 saturated heterocycles. The van der Waals surface area contributed by atoms with E-state index in [1.54, 1.807) is 12.0 Å². The summed E-state index contributed by atoms with van der Waals surface area (Å²) < 4.78 is 16.2. The Morgan fingerprint density at radius 2 is 1.57 bits per heavy atom. The van der Waals surface area contributed by atoms with Crippen LogP contribution < -0.4 is 9.47 Å². The van der Waals surface area contributed by atoms with E-state index in [9.17, 15) is 4.79 Å². The maximum atomic E-state index is 12.3. The molecule has 1 fully saturated rings. The molecule has 0 aliphatic carbocycles. The van der Waals surface area contributed by atoms with Crippen LogP contribution >= 0.6 is 0 Å². The maximum absolute atomic E-state index is 12.3. The zero-order valence-corrected chi connectivity index (χ0v) is 19.9. The van der Waals surface area contributed by atoms with Crippen molar-refractivity contribution in [1.82, 2.24) is 4.90 Å². The van der Waals surface area contributed by atoms with Crippen molar-refractivity contribution in [3.8, 4) is 11.5 Å². The molecule has 0 unspecified atom stereocenters. The molecule has 1 amide bonds. The van der Waals surface area contributed by atoms with Gasteiger partial charge in [0.25, 0.3) is 5.91 Å². The molecular weight excluding hydrogens is 444 g/mol. The van der Waals surface area contributed by atoms with Gasteiger partial charge in [0, 0.05) is 19.5 Å². The van der Waals surface area contributed by atoms with E-state index in [1.807, 2.05) is 66.7 Å². The van der Waals surface area contributed by atoms with Gasteiger partial charge in [-0.25, -0.2) is 0 Å². The fourth-order valence-corrected chi connectivity index (χ4v) is 3.68. The van der Waals surface area contributed by atoms with Crippen LogP contribution in [0.3, 0.4) is 0 Å². The third kappa shape index (κ3) is 7.32. The molecule has 3 aromatic rings. The van der Waals surface area contributed by atoms with Gasteiger partial charge in [-0.1, -0.05) is 47.6 Å². The van der Waals surface area contributed by atoms with Crippen molar-refractivity contribution in [2.75, 3.05) is 40.0 Å². The van der Waals surface area contributed by atoms with Crippen LogP contribution in [-0.4, -0.2) is 56.5 Å². The first kappa shape index (κ1) is 24.3. The van der Waals surface area contributed by atoms with Gasteiger partial charge in [0.05, 0.1) is 26.0 Å². The fourth-order valence-electron chi connectivity index (χ4n) is 3.68. The summed E-state index contributed by atoms with van der Waals surface area (Å²) in [6.07, 6.45) is 0.624. The molecule has 182 valence electrons. The zero-order chi connectivity index (χ0) is 24.3. The van der Waals surface area contributed by atoms with Gasteiger partial charge in [0.2, 0.25) is 0 Å². The van der Waals surface area contributed by atoms with Crippen molar-refractivity contribution in [1.29, 1.82) is 0 Å². The Morgan fingerprint density at radius 1 is 0.886 bits per heavy atom. The van der Waals surface area contributed by atoms with Crippen LogP contribution in [0.15, 0.2) is 84.0 Å². The van der Waals surface area contributed by atoms with Gasteiger partial charge in [-0.2, -0.15) is 0 Å². The highest BCUT2D eigenvalue weighted by Crippen LogP contribution is 2.17. The number of carbonyl (C=O) groups is 1. The van der Waals surface area contributed by atoms with E-state index in [0.29, 0.717) is 45.1 Å². The van der Waals surface area contributed by atoms with Crippen molar-refractivity contribution >= 4 is 11.6 Å². The molecule has 1 aliphatic rings. The Morgan fingerprint density at radius 3 is 2.26 bits per heavy atom. The van der Waals surface area contributed by atoms with Crippen LogP contribution in [0.25, 0.3) is 0 Å². The highest BCUT2D eigenvalue weighted by molar-refractivity contribution is 6.01. The van der Waals surface area contributed by atoms with E-state index in [-0.39, 0.29) is 12.5 Å². The van der Waals surface area contributed by atoms with Gasteiger partial charge in [-0.15, -0.1) is 0 Å². The number of benzene rings is 3. The normalized spacial score (nSPS) is 13.9. The summed E-state index contributed by atoms with van der Waals surface area (Å²) in [7, 11) is 1.64. The first-order valence-electron chi connectivity index (χ1n) is 11.7. The Kier molecular flexibility index (Phi) is 8.73. The van der Waals surface area contributed by atoms with Gasteiger partial charge < -0.3 is 23.9 Å². The molecular formula is C28H30N2O5. The molecule has 4 rings (SSSR count). The number of rotatable bonds is 10. The largest absolute Gasteiger partial charge is 0.497 e. The lowest BCUT2D eigenvalue weighted by Gasteiger charge is -2.26. The average Bonchev–Trinajstić information content (AvgIpc) is 2.93. The highest BCUT2D eigenvalue weighted by atomic mass is 16.6. The number of oxime groups is 1. The van der Waals surface area contributed by atoms with Gasteiger partial charge in [0.15, 0.2) is 6.61 Å². The second kappa shape index (κ2) is 12.6. The summed E-state index contributed by atoms with van der Waals surface area (Å²) in [4.78, 5) is 19.8. The van der Waals surface area contributed by atoms with Gasteiger partial charge in [-0.05, 0) is 53.1 Å². The SMILES string of the molecule is COc1ccc(CON=C(Cc2ccccc2)c2ccc(OCC(=O)N3CCOCC3)cc2)cc1. The second-order valence-corrected chi connectivity index (χ2v) is 8.13. The van der Waals surface area contributed by atoms with E-state index in [2.05, 4.69) is 17.3 Å². The first-order chi connectivity index (χ1) is 17.2. The summed E-state index contributed by atoms with van der Waals surface area (Å²) in [6.45, 7) is 2.73. The first-order valence-corrected chi connectivity index (χ1v) is 11.7. The molecule has 35 heavy (non-hydrogen) atoms. The monoisotopic (exact) mass is 474 g/mol. The number of hydrogen-bond acceptors (Lipinski definition) is 6. The molecule has 1 heterocycles. The summed E-state index contributed by atoms with van der Waals surface area (Å²) in [5, 5.41) is 4.46. The average molecular weight is 475 g/mol. The minimum atomic E-state index is -0.0318. The minimum absolute atomic E-state index is 0.00921. The second-order valence-electron chi connectivity index (χ2n) is 8.13. The lowest BCUT2D eigenvalue weighted by molar-refractivity contribution is -0.137. The molecule has 0 spiro atoms. The molecule has 0 saturated carbocycles. The predicted octanol–water partition coefficient (Wildman–Crippen LogP) is 4.10. The summed E-state index contributed by atoms with van der Waals surface area (Å²) >= 11 is 0. The topological polar surface area (TPSA) is 69.6 Å². The lowest BCUT2D eigenvalue weighted by atomic mass is 10.0. The third-order valence-corrected chi connectivity index (χ3v) is 5.69. The quantitative estimate of drug-likeness (QED) is 0.327. The molecule has 0 bridgehead atoms. The number of carbonyl (C=O) groups excluding carboxylic acids is 1. The van der Waals surface area contributed by atoms with Crippen LogP contribution in [0.2, 0.25) is 0 Å². The number of ether oxygens (including phenoxy) is 3. The molecule has 0 aromatic heterocycles. The number of methoxy groups -OCH3 is 1. The maximum Gasteiger partial charge on any atom is 0.260 e. The van der Waals surface area contributed by atoms with E-state index >= 15 is 0 Å². The van der Waals surface area contributed by atoms with Gasteiger partial charge in [0.1, 0.15) is 18.1 Å². The Labute approximate surface area is 205 Å². The van der Waals surface area contributed by atoms with Crippen LogP contribution in [-0.2, 0) is 27.4 Å². The molecule has 7 nitrogen and oxygen atoms in total. The molecule has 1 aliphatic heterocycles. The smallest absolute Gasteiger partial charge is 0.260 e. The summed E-state index contributed by atoms with van der Waals surface area (Å²) in [5.74, 6) is 1.40. The highest BCUT2D eigenvalue weighted by Gasteiger charge is 2.17. The van der Waals surface area contributed by atoms with Crippen LogP contribution in [0.1, 0.15) is 16.7 Å². The van der Waals surface area contributed by atoms with Crippen molar-refractivity contribution in [2.24, 2.45) is 5.16 Å². The van der Waals surface area contributed by atoms with Crippen LogP contribution in [0.4, 0.5) is 0 Å². The van der Waals surface area contributed by atoms with Crippen molar-refractivity contribution in [2.45, 2.75) is 13.0 Å². The number of hydrogen-bond donors (Lipinski definition) is 0. The van der Waals surface area contributed by atoms with E-state index < -0.39 is 0 Å². The zero-order valence-electron chi connectivity index (χ0n) is 19.9. The van der Waals surface area contributed by atoms with Gasteiger partial charge >= 0.3 is 0 Å². The van der Waals surface area contributed by atoms with Crippen LogP contribution in [0.5, 0.6) is 11.5 Å². The van der Waals surface area contributed by atoms with Crippen molar-refractivity contribution < 1.29 is 23.8 Å². The predicted molar refractivity (Wildman–Crippen MR) is 134 cm³/mol. The Balaban J connectivity index is 1.40. The summed E-state index contributed by atoms with van der Waals surface area (Å²) in [5.41, 5.74) is 3.87. The molecule has 3 aromatic carbocycles. The molecule has 0 atom stereocenters.